The Morgan fingerprint density at radius 1 is 1.09 bits per heavy atom. The fraction of sp³-hybridized carbons (Fsp3) is 0.269. The molecule has 2 aliphatic rings. The topological polar surface area (TPSA) is 53.9 Å². The molecule has 0 amide bonds. The van der Waals surface area contributed by atoms with Gasteiger partial charge in [-0.05, 0) is 66.6 Å². The average molecular weight is 546 g/mol. The third kappa shape index (κ3) is 4.11. The van der Waals surface area contributed by atoms with Gasteiger partial charge in [0, 0.05) is 32.2 Å². The number of benzene rings is 3. The van der Waals surface area contributed by atoms with Gasteiger partial charge < -0.3 is 15.2 Å². The Labute approximate surface area is 211 Å². The van der Waals surface area contributed by atoms with Crippen LogP contribution in [0.5, 0.6) is 5.75 Å². The van der Waals surface area contributed by atoms with E-state index in [1.807, 2.05) is 36.4 Å². The van der Waals surface area contributed by atoms with Crippen molar-refractivity contribution in [2.24, 2.45) is 4.99 Å². The summed E-state index contributed by atoms with van der Waals surface area (Å²) in [6, 6.07) is 19.9. The first-order chi connectivity index (χ1) is 16.0. The number of rotatable bonds is 5. The Balaban J connectivity index is 1.73. The van der Waals surface area contributed by atoms with Crippen LogP contribution in [0.2, 0.25) is 10.0 Å². The summed E-state index contributed by atoms with van der Waals surface area (Å²) in [5, 5.41) is 14.5. The zero-order chi connectivity index (χ0) is 23.0. The minimum atomic E-state index is -0.471. The normalized spacial score (nSPS) is 23.6. The van der Waals surface area contributed by atoms with Crippen molar-refractivity contribution < 1.29 is 9.84 Å². The number of hydrogen-bond acceptors (Lipinski definition) is 4. The van der Waals surface area contributed by atoms with Crippen LogP contribution in [0.1, 0.15) is 35.1 Å². The van der Waals surface area contributed by atoms with Gasteiger partial charge in [-0.15, -0.1) is 0 Å². The highest BCUT2D eigenvalue weighted by molar-refractivity contribution is 9.10. The number of aliphatic hydroxyl groups excluding tert-OH is 1. The summed E-state index contributed by atoms with van der Waals surface area (Å²) in [4.78, 5) is 4.85. The van der Waals surface area contributed by atoms with Crippen molar-refractivity contribution in [1.82, 2.24) is 5.32 Å². The van der Waals surface area contributed by atoms with E-state index in [0.717, 1.165) is 45.0 Å². The predicted octanol–water partition coefficient (Wildman–Crippen LogP) is 6.60. The van der Waals surface area contributed by atoms with Crippen LogP contribution in [0.25, 0.3) is 0 Å². The largest absolute Gasteiger partial charge is 0.491 e. The summed E-state index contributed by atoms with van der Waals surface area (Å²) in [7, 11) is 0. The number of ether oxygens (including phenoxy) is 1. The van der Waals surface area contributed by atoms with Gasteiger partial charge in [-0.3, -0.25) is 4.99 Å². The van der Waals surface area contributed by atoms with E-state index >= 15 is 0 Å². The Bertz CT molecular complexity index is 1220. The Morgan fingerprint density at radius 3 is 2.76 bits per heavy atom. The van der Waals surface area contributed by atoms with E-state index in [2.05, 4.69) is 51.7 Å². The summed E-state index contributed by atoms with van der Waals surface area (Å²) >= 11 is 16.4. The maximum absolute atomic E-state index is 9.37. The molecule has 0 aliphatic carbocycles. The highest BCUT2D eigenvalue weighted by Gasteiger charge is 2.53. The van der Waals surface area contributed by atoms with Crippen molar-refractivity contribution in [3.63, 3.8) is 0 Å². The molecule has 3 aromatic rings. The first-order valence-electron chi connectivity index (χ1n) is 10.9. The maximum atomic E-state index is 9.37. The van der Waals surface area contributed by atoms with Crippen LogP contribution in [0.4, 0.5) is 5.69 Å². The number of fused-ring (bicyclic) bond motifs is 2. The lowest BCUT2D eigenvalue weighted by atomic mass is 9.60. The quantitative estimate of drug-likeness (QED) is 0.380. The third-order valence-electron chi connectivity index (χ3n) is 6.56. The van der Waals surface area contributed by atoms with Crippen LogP contribution in [0.15, 0.2) is 70.1 Å². The van der Waals surface area contributed by atoms with Gasteiger partial charge in [0.15, 0.2) is 0 Å². The van der Waals surface area contributed by atoms with Crippen LogP contribution in [-0.4, -0.2) is 31.1 Å². The van der Waals surface area contributed by atoms with Crippen LogP contribution in [0.3, 0.4) is 0 Å². The van der Waals surface area contributed by atoms with E-state index in [1.54, 1.807) is 0 Å². The lowest BCUT2D eigenvalue weighted by Gasteiger charge is -2.47. The van der Waals surface area contributed by atoms with Crippen molar-refractivity contribution >= 4 is 51.0 Å². The van der Waals surface area contributed by atoms with Gasteiger partial charge in [0.1, 0.15) is 12.4 Å². The van der Waals surface area contributed by atoms with Crippen molar-refractivity contribution in [1.29, 1.82) is 0 Å². The number of nitrogens with zero attached hydrogens (tertiary/aromatic N) is 1. The van der Waals surface area contributed by atoms with Gasteiger partial charge >= 0.3 is 0 Å². The molecule has 5 rings (SSSR count). The summed E-state index contributed by atoms with van der Waals surface area (Å²) in [5.74, 6) is 0.880. The number of aliphatic imine (C=N–C) groups is 1. The molecule has 7 heteroatoms. The van der Waals surface area contributed by atoms with Crippen molar-refractivity contribution in [2.45, 2.75) is 23.8 Å². The molecule has 0 bridgehead atoms. The zero-order valence-corrected chi connectivity index (χ0v) is 20.9. The van der Waals surface area contributed by atoms with E-state index in [0.29, 0.717) is 5.02 Å². The molecule has 1 saturated heterocycles. The van der Waals surface area contributed by atoms with E-state index in [9.17, 15) is 5.11 Å². The average Bonchev–Trinajstić information content (AvgIpc) is 3.17. The number of piperidine rings is 1. The van der Waals surface area contributed by atoms with Gasteiger partial charge in [0.05, 0.1) is 23.8 Å². The molecule has 0 unspecified atom stereocenters. The Morgan fingerprint density at radius 2 is 1.94 bits per heavy atom. The van der Waals surface area contributed by atoms with Crippen molar-refractivity contribution in [2.75, 3.05) is 19.8 Å². The first kappa shape index (κ1) is 22.9. The summed E-state index contributed by atoms with van der Waals surface area (Å²) in [6.07, 6.45) is 3.00. The van der Waals surface area contributed by atoms with E-state index < -0.39 is 5.41 Å². The fourth-order valence-corrected chi connectivity index (χ4v) is 6.02. The van der Waals surface area contributed by atoms with Gasteiger partial charge in [0.25, 0.3) is 0 Å². The summed E-state index contributed by atoms with van der Waals surface area (Å²) < 4.78 is 6.93. The molecule has 3 atom stereocenters. The summed E-state index contributed by atoms with van der Waals surface area (Å²) in [6.45, 7) is 1.01. The van der Waals surface area contributed by atoms with E-state index in [4.69, 9.17) is 32.9 Å². The van der Waals surface area contributed by atoms with Crippen molar-refractivity contribution in [3.8, 4) is 5.75 Å². The van der Waals surface area contributed by atoms with Gasteiger partial charge in [-0.25, -0.2) is 0 Å². The molecule has 2 aliphatic heterocycles. The predicted molar refractivity (Wildman–Crippen MR) is 138 cm³/mol. The highest BCUT2D eigenvalue weighted by atomic mass is 79.9. The standard InChI is InChI=1S/C26H23BrCl2N2O2/c27-17-4-7-24(33-11-10-32)20(13-17)25-26(15-31-23-14-19(29)5-6-22(23)26)21(8-9-30-25)16-2-1-3-18(28)12-16/h1-7,12-15,21,25,30,32H,8-11H2/t21-,25-,26-/m0/s1. The number of halogens is 3. The zero-order valence-electron chi connectivity index (χ0n) is 17.8. The number of nitrogens with one attached hydrogen (secondary N) is 1. The highest BCUT2D eigenvalue weighted by Crippen LogP contribution is 2.57. The molecule has 3 aromatic carbocycles. The number of aliphatic hydroxyl groups is 1. The second-order valence-electron chi connectivity index (χ2n) is 8.39. The molecule has 0 aromatic heterocycles. The Hall–Kier alpha value is -1.89. The van der Waals surface area contributed by atoms with E-state index in [-0.39, 0.29) is 25.2 Å². The van der Waals surface area contributed by atoms with Crippen LogP contribution in [0, 0.1) is 0 Å². The minimum Gasteiger partial charge on any atom is -0.491 e. The Kier molecular flexibility index (Phi) is 6.51. The molecular formula is C26H23BrCl2N2O2. The van der Waals surface area contributed by atoms with Crippen molar-refractivity contribution in [3.05, 3.63) is 91.9 Å². The number of hydrogen-bond donors (Lipinski definition) is 2. The minimum absolute atomic E-state index is 0.0489. The molecule has 2 heterocycles. The molecule has 1 spiro atoms. The smallest absolute Gasteiger partial charge is 0.124 e. The second-order valence-corrected chi connectivity index (χ2v) is 10.2. The monoisotopic (exact) mass is 544 g/mol. The molecule has 4 nitrogen and oxygen atoms in total. The maximum Gasteiger partial charge on any atom is 0.124 e. The molecule has 0 saturated carbocycles. The van der Waals surface area contributed by atoms with Crippen LogP contribution < -0.4 is 10.1 Å². The van der Waals surface area contributed by atoms with E-state index in [1.165, 1.54) is 5.56 Å². The van der Waals surface area contributed by atoms with Crippen LogP contribution in [-0.2, 0) is 5.41 Å². The molecule has 33 heavy (non-hydrogen) atoms. The SMILES string of the molecule is OCCOc1ccc(Br)cc1[C@@H]1NCC[C@@H](c2cccc(Cl)c2)[C@]12C=Nc1cc(Cl)ccc12. The van der Waals surface area contributed by atoms with Gasteiger partial charge in [-0.1, -0.05) is 57.3 Å². The first-order valence-corrected chi connectivity index (χ1v) is 12.4. The molecule has 2 N–H and O–H groups in total. The van der Waals surface area contributed by atoms with Crippen LogP contribution >= 0.6 is 39.1 Å². The summed E-state index contributed by atoms with van der Waals surface area (Å²) in [5.41, 5.74) is 3.73. The molecule has 1 fully saturated rings. The molecular weight excluding hydrogens is 523 g/mol. The second kappa shape index (κ2) is 9.40. The molecule has 170 valence electrons. The lowest BCUT2D eigenvalue weighted by Crippen LogP contribution is -2.51. The lowest BCUT2D eigenvalue weighted by molar-refractivity contribution is 0.195. The van der Waals surface area contributed by atoms with Gasteiger partial charge in [0.2, 0.25) is 0 Å². The fourth-order valence-electron chi connectivity index (χ4n) is 5.28. The van der Waals surface area contributed by atoms with Gasteiger partial charge in [-0.2, -0.15) is 0 Å². The molecule has 0 radical (unpaired) electrons. The third-order valence-corrected chi connectivity index (χ3v) is 7.53.